The van der Waals surface area contributed by atoms with E-state index in [2.05, 4.69) is 21.8 Å². The van der Waals surface area contributed by atoms with Crippen molar-refractivity contribution in [3.05, 3.63) is 83.6 Å². The number of aromatic nitrogens is 2. The van der Waals surface area contributed by atoms with Crippen molar-refractivity contribution in [2.75, 3.05) is 26.7 Å². The average molecular weight is 553 g/mol. The van der Waals surface area contributed by atoms with E-state index in [0.717, 1.165) is 15.9 Å². The van der Waals surface area contributed by atoms with Gasteiger partial charge in [0.1, 0.15) is 22.4 Å². The number of amides is 1. The first kappa shape index (κ1) is 28.2. The Balaban J connectivity index is 1.69. The zero-order valence-electron chi connectivity index (χ0n) is 21.8. The number of ether oxygens (including phenoxy) is 1. The number of aliphatic hydroxyl groups excluding tert-OH is 1. The molecular weight excluding hydrogens is 523 g/mol. The fraction of sp³-hybridized carbons (Fsp3) is 0.321. The lowest BCUT2D eigenvalue weighted by Gasteiger charge is -2.37. The number of nitrogens with zero attached hydrogens (tertiary/aromatic N) is 4. The van der Waals surface area contributed by atoms with Crippen molar-refractivity contribution in [3.8, 4) is 17.7 Å². The van der Waals surface area contributed by atoms with Crippen molar-refractivity contribution in [1.29, 1.82) is 0 Å². The summed E-state index contributed by atoms with van der Waals surface area (Å²) in [6, 6.07) is 9.73. The molecule has 3 atom stereocenters. The summed E-state index contributed by atoms with van der Waals surface area (Å²) < 4.78 is 47.8. The predicted octanol–water partition coefficient (Wildman–Crippen LogP) is 2.56. The second kappa shape index (κ2) is 11.9. The second-order valence-electron chi connectivity index (χ2n) is 9.40. The standard InChI is InChI=1S/C28H29FN4O5S/c1-19-16-33(20(2)18-34)28(35)23-14-22(9-8-21-10-12-30-13-11-21)15-31-27(23)38-25(19)17-32(3)39(36,37)26-7-5-4-6-24(26)29/h4-7,10-15,19-20,25,34H,16-18H2,1-3H3/t19-,20+,25+/m1/s1. The number of benzene rings is 1. The number of fused-ring (bicyclic) bond motifs is 1. The fourth-order valence-corrected chi connectivity index (χ4v) is 5.39. The molecule has 1 aliphatic heterocycles. The average Bonchev–Trinajstić information content (AvgIpc) is 2.94. The van der Waals surface area contributed by atoms with E-state index in [-0.39, 0.29) is 43.0 Å². The summed E-state index contributed by atoms with van der Waals surface area (Å²) in [5.41, 5.74) is 1.36. The number of rotatable bonds is 6. The molecule has 0 unspecified atom stereocenters. The third kappa shape index (κ3) is 6.25. The van der Waals surface area contributed by atoms with Crippen LogP contribution in [-0.2, 0) is 10.0 Å². The van der Waals surface area contributed by atoms with Crippen molar-refractivity contribution < 1.29 is 27.4 Å². The van der Waals surface area contributed by atoms with Crippen molar-refractivity contribution in [3.63, 3.8) is 0 Å². The van der Waals surface area contributed by atoms with E-state index in [0.29, 0.717) is 5.56 Å². The number of hydrogen-bond acceptors (Lipinski definition) is 7. The minimum absolute atomic E-state index is 0.0258. The molecule has 11 heteroatoms. The first-order valence-corrected chi connectivity index (χ1v) is 13.8. The molecule has 4 rings (SSSR count). The highest BCUT2D eigenvalue weighted by molar-refractivity contribution is 7.89. The zero-order chi connectivity index (χ0) is 28.2. The number of sulfonamides is 1. The van der Waals surface area contributed by atoms with Gasteiger partial charge in [0.15, 0.2) is 0 Å². The van der Waals surface area contributed by atoms with Crippen LogP contribution in [-0.4, -0.2) is 77.5 Å². The molecule has 1 amide bonds. The maximum absolute atomic E-state index is 14.3. The SMILES string of the molecule is C[C@@H]1CN([C@@H](C)CO)C(=O)c2cc(C#Cc3ccncc3)cnc2O[C@H]1CN(C)S(=O)(=O)c1ccccc1F. The molecule has 3 aromatic rings. The summed E-state index contributed by atoms with van der Waals surface area (Å²) in [7, 11) is -2.81. The van der Waals surface area contributed by atoms with E-state index in [1.54, 1.807) is 37.5 Å². The van der Waals surface area contributed by atoms with Crippen molar-refractivity contribution in [2.45, 2.75) is 30.9 Å². The van der Waals surface area contributed by atoms with Crippen LogP contribution < -0.4 is 4.74 Å². The number of hydrogen-bond donors (Lipinski definition) is 1. The van der Waals surface area contributed by atoms with E-state index in [4.69, 9.17) is 4.74 Å². The Morgan fingerprint density at radius 3 is 2.59 bits per heavy atom. The number of aliphatic hydroxyl groups is 1. The maximum atomic E-state index is 14.3. The van der Waals surface area contributed by atoms with E-state index < -0.39 is 32.9 Å². The highest BCUT2D eigenvalue weighted by Crippen LogP contribution is 2.28. The molecule has 204 valence electrons. The molecule has 39 heavy (non-hydrogen) atoms. The summed E-state index contributed by atoms with van der Waals surface area (Å²) in [4.78, 5) is 23.0. The quantitative estimate of drug-likeness (QED) is 0.468. The maximum Gasteiger partial charge on any atom is 0.259 e. The normalized spacial score (nSPS) is 18.3. The molecule has 3 heterocycles. The summed E-state index contributed by atoms with van der Waals surface area (Å²) in [5, 5.41) is 9.84. The van der Waals surface area contributed by atoms with Gasteiger partial charge in [0.05, 0.1) is 19.2 Å². The number of likely N-dealkylation sites (N-methyl/N-ethyl adjacent to an activating group) is 1. The number of carbonyl (C=O) groups excluding carboxylic acids is 1. The minimum atomic E-state index is -4.16. The van der Waals surface area contributed by atoms with Crippen LogP contribution >= 0.6 is 0 Å². The number of pyridine rings is 2. The third-order valence-corrected chi connectivity index (χ3v) is 8.37. The van der Waals surface area contributed by atoms with Crippen LogP contribution in [0.3, 0.4) is 0 Å². The summed E-state index contributed by atoms with van der Waals surface area (Å²) in [6.45, 7) is 3.33. The van der Waals surface area contributed by atoms with Gasteiger partial charge in [-0.1, -0.05) is 30.9 Å². The van der Waals surface area contributed by atoms with E-state index >= 15 is 0 Å². The molecular formula is C28H29FN4O5S. The van der Waals surface area contributed by atoms with Gasteiger partial charge >= 0.3 is 0 Å². The largest absolute Gasteiger partial charge is 0.472 e. The zero-order valence-corrected chi connectivity index (χ0v) is 22.6. The first-order chi connectivity index (χ1) is 18.6. The van der Waals surface area contributed by atoms with Gasteiger partial charge in [-0.05, 0) is 37.3 Å². The Morgan fingerprint density at radius 1 is 1.21 bits per heavy atom. The van der Waals surface area contributed by atoms with Gasteiger partial charge in [0.25, 0.3) is 5.91 Å². The van der Waals surface area contributed by atoms with Crippen LogP contribution in [0, 0.1) is 23.6 Å². The molecule has 0 fully saturated rings. The molecule has 9 nitrogen and oxygen atoms in total. The summed E-state index contributed by atoms with van der Waals surface area (Å²) in [5.74, 6) is 4.41. The molecule has 0 saturated carbocycles. The van der Waals surface area contributed by atoms with Gasteiger partial charge in [0, 0.05) is 49.2 Å². The monoisotopic (exact) mass is 552 g/mol. The van der Waals surface area contributed by atoms with Crippen LogP contribution in [0.5, 0.6) is 5.88 Å². The molecule has 2 aromatic heterocycles. The van der Waals surface area contributed by atoms with Gasteiger partial charge in [-0.15, -0.1) is 0 Å². The lowest BCUT2D eigenvalue weighted by Crippen LogP contribution is -2.50. The highest BCUT2D eigenvalue weighted by Gasteiger charge is 2.36. The van der Waals surface area contributed by atoms with E-state index in [1.165, 1.54) is 36.3 Å². The molecule has 1 N–H and O–H groups in total. The van der Waals surface area contributed by atoms with Crippen LogP contribution in [0.25, 0.3) is 0 Å². The van der Waals surface area contributed by atoms with Crippen LogP contribution in [0.1, 0.15) is 35.3 Å². The number of halogens is 1. The molecule has 1 aliphatic rings. The number of carbonyl (C=O) groups is 1. The van der Waals surface area contributed by atoms with Gasteiger partial charge in [-0.2, -0.15) is 4.31 Å². The van der Waals surface area contributed by atoms with E-state index in [9.17, 15) is 22.7 Å². The van der Waals surface area contributed by atoms with Crippen molar-refractivity contribution >= 4 is 15.9 Å². The lowest BCUT2D eigenvalue weighted by atomic mass is 10.0. The highest BCUT2D eigenvalue weighted by atomic mass is 32.2. The van der Waals surface area contributed by atoms with Gasteiger partial charge < -0.3 is 14.7 Å². The van der Waals surface area contributed by atoms with Gasteiger partial charge in [-0.25, -0.2) is 17.8 Å². The third-order valence-electron chi connectivity index (χ3n) is 6.51. The Morgan fingerprint density at radius 2 is 1.90 bits per heavy atom. The minimum Gasteiger partial charge on any atom is -0.472 e. The van der Waals surface area contributed by atoms with Crippen LogP contribution in [0.2, 0.25) is 0 Å². The lowest BCUT2D eigenvalue weighted by molar-refractivity contribution is 0.0373. The molecule has 0 radical (unpaired) electrons. The predicted molar refractivity (Wildman–Crippen MR) is 142 cm³/mol. The summed E-state index contributed by atoms with van der Waals surface area (Å²) >= 11 is 0. The Kier molecular flexibility index (Phi) is 8.60. The topological polar surface area (TPSA) is 113 Å². The second-order valence-corrected chi connectivity index (χ2v) is 11.4. The smallest absolute Gasteiger partial charge is 0.259 e. The van der Waals surface area contributed by atoms with Crippen LogP contribution in [0.15, 0.2) is 66.0 Å². The fourth-order valence-electron chi connectivity index (χ4n) is 4.14. The van der Waals surface area contributed by atoms with Gasteiger partial charge in [0.2, 0.25) is 15.9 Å². The van der Waals surface area contributed by atoms with Crippen molar-refractivity contribution in [2.24, 2.45) is 5.92 Å². The van der Waals surface area contributed by atoms with Crippen LogP contribution in [0.4, 0.5) is 4.39 Å². The molecule has 0 aliphatic carbocycles. The Labute approximate surface area is 227 Å². The molecule has 1 aromatic carbocycles. The summed E-state index contributed by atoms with van der Waals surface area (Å²) in [6.07, 6.45) is 3.99. The van der Waals surface area contributed by atoms with E-state index in [1.807, 2.05) is 6.92 Å². The Bertz CT molecular complexity index is 1510. The molecule has 0 spiro atoms. The molecule has 0 saturated heterocycles. The van der Waals surface area contributed by atoms with Gasteiger partial charge in [-0.3, -0.25) is 9.78 Å². The first-order valence-electron chi connectivity index (χ1n) is 12.3. The van der Waals surface area contributed by atoms with Crippen molar-refractivity contribution in [1.82, 2.24) is 19.2 Å². The Hall–Kier alpha value is -3.85. The molecule has 0 bridgehead atoms.